The average molecular weight is 232 g/mol. The quantitative estimate of drug-likeness (QED) is 0.616. The second-order valence-corrected chi connectivity index (χ2v) is 3.71. The van der Waals surface area contributed by atoms with E-state index in [1.807, 2.05) is 12.1 Å². The molecule has 0 amide bonds. The van der Waals surface area contributed by atoms with E-state index in [0.29, 0.717) is 16.6 Å². The Labute approximate surface area is 92.7 Å². The van der Waals surface area contributed by atoms with Gasteiger partial charge in [-0.1, -0.05) is 23.2 Å². The number of nitrogens with zero attached hydrogens (tertiary/aromatic N) is 1. The van der Waals surface area contributed by atoms with E-state index in [0.717, 1.165) is 12.0 Å². The molecule has 0 aromatic heterocycles. The van der Waals surface area contributed by atoms with Crippen molar-refractivity contribution < 1.29 is 0 Å². The SMILES string of the molecule is NC(N)=NCCc1cc(Cl)cc(Cl)c1. The van der Waals surface area contributed by atoms with E-state index in [2.05, 4.69) is 4.99 Å². The number of guanidine groups is 1. The summed E-state index contributed by atoms with van der Waals surface area (Å²) in [4.78, 5) is 3.87. The fraction of sp³-hybridized carbons (Fsp3) is 0.222. The van der Waals surface area contributed by atoms with E-state index in [-0.39, 0.29) is 5.96 Å². The standard InChI is InChI=1S/C9H11Cl2N3/c10-7-3-6(4-8(11)5-7)1-2-14-9(12)13/h3-5H,1-2H2,(H4,12,13,14). The predicted molar refractivity (Wildman–Crippen MR) is 60.8 cm³/mol. The summed E-state index contributed by atoms with van der Waals surface area (Å²) in [7, 11) is 0. The van der Waals surface area contributed by atoms with E-state index in [1.165, 1.54) is 0 Å². The van der Waals surface area contributed by atoms with Crippen molar-refractivity contribution >= 4 is 29.2 Å². The Bertz CT molecular complexity index is 326. The molecule has 1 aromatic rings. The molecule has 0 fully saturated rings. The maximum Gasteiger partial charge on any atom is 0.185 e. The third-order valence-corrected chi connectivity index (χ3v) is 2.05. The molecule has 0 aliphatic heterocycles. The lowest BCUT2D eigenvalue weighted by Crippen LogP contribution is -2.23. The second-order valence-electron chi connectivity index (χ2n) is 2.83. The first-order valence-electron chi connectivity index (χ1n) is 4.08. The van der Waals surface area contributed by atoms with Crippen LogP contribution in [-0.4, -0.2) is 12.5 Å². The molecule has 1 aromatic carbocycles. The van der Waals surface area contributed by atoms with Gasteiger partial charge in [0, 0.05) is 16.6 Å². The predicted octanol–water partition coefficient (Wildman–Crippen LogP) is 1.81. The molecule has 14 heavy (non-hydrogen) atoms. The van der Waals surface area contributed by atoms with Gasteiger partial charge in [-0.25, -0.2) is 0 Å². The molecule has 3 nitrogen and oxygen atoms in total. The van der Waals surface area contributed by atoms with Gasteiger partial charge < -0.3 is 11.5 Å². The minimum atomic E-state index is 0.0955. The van der Waals surface area contributed by atoms with E-state index in [4.69, 9.17) is 34.7 Å². The zero-order chi connectivity index (χ0) is 10.6. The molecule has 0 spiro atoms. The van der Waals surface area contributed by atoms with Gasteiger partial charge in [-0.15, -0.1) is 0 Å². The summed E-state index contributed by atoms with van der Waals surface area (Å²) in [5.41, 5.74) is 11.4. The van der Waals surface area contributed by atoms with Crippen LogP contribution in [0.15, 0.2) is 23.2 Å². The van der Waals surface area contributed by atoms with Crippen molar-refractivity contribution in [3.05, 3.63) is 33.8 Å². The Hall–Kier alpha value is -0.930. The van der Waals surface area contributed by atoms with Gasteiger partial charge in [-0.2, -0.15) is 0 Å². The van der Waals surface area contributed by atoms with Crippen LogP contribution in [0.1, 0.15) is 5.56 Å². The smallest absolute Gasteiger partial charge is 0.185 e. The highest BCUT2D eigenvalue weighted by Gasteiger charge is 1.97. The Morgan fingerprint density at radius 3 is 2.21 bits per heavy atom. The first-order chi connectivity index (χ1) is 6.58. The van der Waals surface area contributed by atoms with Gasteiger partial charge in [0.15, 0.2) is 5.96 Å². The molecular weight excluding hydrogens is 221 g/mol. The van der Waals surface area contributed by atoms with Crippen molar-refractivity contribution in [1.29, 1.82) is 0 Å². The number of rotatable bonds is 3. The third kappa shape index (κ3) is 3.85. The van der Waals surface area contributed by atoms with Gasteiger partial charge in [0.05, 0.1) is 0 Å². The summed E-state index contributed by atoms with van der Waals surface area (Å²) < 4.78 is 0. The van der Waals surface area contributed by atoms with E-state index < -0.39 is 0 Å². The summed E-state index contributed by atoms with van der Waals surface area (Å²) in [6.45, 7) is 0.541. The largest absolute Gasteiger partial charge is 0.370 e. The first-order valence-corrected chi connectivity index (χ1v) is 4.84. The molecule has 1 rings (SSSR count). The number of benzene rings is 1. The summed E-state index contributed by atoms with van der Waals surface area (Å²) in [6, 6.07) is 5.37. The third-order valence-electron chi connectivity index (χ3n) is 1.62. The number of halogens is 2. The molecule has 0 aliphatic carbocycles. The zero-order valence-electron chi connectivity index (χ0n) is 7.50. The van der Waals surface area contributed by atoms with Gasteiger partial charge in [0.1, 0.15) is 0 Å². The van der Waals surface area contributed by atoms with Gasteiger partial charge in [0.25, 0.3) is 0 Å². The number of hydrogen-bond donors (Lipinski definition) is 2. The highest BCUT2D eigenvalue weighted by atomic mass is 35.5. The molecule has 0 bridgehead atoms. The zero-order valence-corrected chi connectivity index (χ0v) is 9.02. The molecule has 0 saturated heterocycles. The molecule has 5 heteroatoms. The Kier molecular flexibility index (Phi) is 4.04. The van der Waals surface area contributed by atoms with E-state index >= 15 is 0 Å². The van der Waals surface area contributed by atoms with Crippen molar-refractivity contribution in [2.24, 2.45) is 16.5 Å². The molecule has 0 unspecified atom stereocenters. The minimum Gasteiger partial charge on any atom is -0.370 e. The van der Waals surface area contributed by atoms with Crippen LogP contribution in [0.3, 0.4) is 0 Å². The van der Waals surface area contributed by atoms with Crippen LogP contribution in [0.2, 0.25) is 10.0 Å². The molecule has 4 N–H and O–H groups in total. The van der Waals surface area contributed by atoms with Crippen LogP contribution >= 0.6 is 23.2 Å². The summed E-state index contributed by atoms with van der Waals surface area (Å²) in [5, 5.41) is 1.24. The summed E-state index contributed by atoms with van der Waals surface area (Å²) >= 11 is 11.6. The fourth-order valence-corrected chi connectivity index (χ4v) is 1.64. The van der Waals surface area contributed by atoms with Gasteiger partial charge in [0.2, 0.25) is 0 Å². The van der Waals surface area contributed by atoms with Crippen LogP contribution < -0.4 is 11.5 Å². The van der Waals surface area contributed by atoms with Crippen molar-refractivity contribution in [2.75, 3.05) is 6.54 Å². The minimum absolute atomic E-state index is 0.0955. The Morgan fingerprint density at radius 1 is 1.14 bits per heavy atom. The lowest BCUT2D eigenvalue weighted by molar-refractivity contribution is 0.962. The van der Waals surface area contributed by atoms with Crippen molar-refractivity contribution in [1.82, 2.24) is 0 Å². The van der Waals surface area contributed by atoms with E-state index in [1.54, 1.807) is 6.07 Å². The molecule has 0 atom stereocenters. The summed E-state index contributed by atoms with van der Waals surface area (Å²) in [5.74, 6) is 0.0955. The topological polar surface area (TPSA) is 64.4 Å². The highest BCUT2D eigenvalue weighted by Crippen LogP contribution is 2.19. The molecule has 0 saturated carbocycles. The number of nitrogens with two attached hydrogens (primary N) is 2. The van der Waals surface area contributed by atoms with Gasteiger partial charge in [-0.05, 0) is 30.2 Å². The molecule has 0 heterocycles. The second kappa shape index (κ2) is 5.08. The van der Waals surface area contributed by atoms with Gasteiger partial charge in [-0.3, -0.25) is 4.99 Å². The monoisotopic (exact) mass is 231 g/mol. The van der Waals surface area contributed by atoms with Crippen LogP contribution in [0.4, 0.5) is 0 Å². The lowest BCUT2D eigenvalue weighted by atomic mass is 10.1. The van der Waals surface area contributed by atoms with Crippen molar-refractivity contribution in [3.63, 3.8) is 0 Å². The first kappa shape index (κ1) is 11.1. The van der Waals surface area contributed by atoms with Gasteiger partial charge >= 0.3 is 0 Å². The molecule has 0 aliphatic rings. The summed E-state index contributed by atoms with van der Waals surface area (Å²) in [6.07, 6.45) is 0.720. The van der Waals surface area contributed by atoms with Crippen LogP contribution in [0.25, 0.3) is 0 Å². The van der Waals surface area contributed by atoms with Crippen LogP contribution in [-0.2, 0) is 6.42 Å². The van der Waals surface area contributed by atoms with Crippen molar-refractivity contribution in [2.45, 2.75) is 6.42 Å². The van der Waals surface area contributed by atoms with E-state index in [9.17, 15) is 0 Å². The number of hydrogen-bond acceptors (Lipinski definition) is 1. The number of aliphatic imine (C=N–C) groups is 1. The molecule has 0 radical (unpaired) electrons. The molecule has 76 valence electrons. The Morgan fingerprint density at radius 2 is 1.71 bits per heavy atom. The average Bonchev–Trinajstić information content (AvgIpc) is 2.01. The van der Waals surface area contributed by atoms with Crippen molar-refractivity contribution in [3.8, 4) is 0 Å². The maximum atomic E-state index is 5.82. The van der Waals surface area contributed by atoms with Crippen LogP contribution in [0.5, 0.6) is 0 Å². The fourth-order valence-electron chi connectivity index (χ4n) is 1.07. The Balaban J connectivity index is 2.63. The molecular formula is C9H11Cl2N3. The van der Waals surface area contributed by atoms with Crippen LogP contribution in [0, 0.1) is 0 Å². The highest BCUT2D eigenvalue weighted by molar-refractivity contribution is 6.34. The normalized spacial score (nSPS) is 9.86. The lowest BCUT2D eigenvalue weighted by Gasteiger charge is -2.00. The maximum absolute atomic E-state index is 5.82.